The Bertz CT molecular complexity index is 582. The van der Waals surface area contributed by atoms with Gasteiger partial charge in [-0.3, -0.25) is 4.79 Å². The number of carboxylic acid groups (broad SMARTS) is 1. The van der Waals surface area contributed by atoms with Crippen LogP contribution in [0.4, 0.5) is 17.6 Å². The van der Waals surface area contributed by atoms with Gasteiger partial charge in [0.1, 0.15) is 5.56 Å². The second-order valence-corrected chi connectivity index (χ2v) is 4.97. The number of halogens is 4. The molecule has 0 saturated carbocycles. The van der Waals surface area contributed by atoms with E-state index in [0.29, 0.717) is 0 Å². The summed E-state index contributed by atoms with van der Waals surface area (Å²) in [5.41, 5.74) is -4.23. The van der Waals surface area contributed by atoms with E-state index < -0.39 is 58.2 Å². The van der Waals surface area contributed by atoms with Gasteiger partial charge in [-0.15, -0.1) is 0 Å². The summed E-state index contributed by atoms with van der Waals surface area (Å²) >= 11 is 0. The van der Waals surface area contributed by atoms with Crippen molar-refractivity contribution in [2.75, 3.05) is 7.11 Å². The largest absolute Gasteiger partial charge is 0.481 e. The van der Waals surface area contributed by atoms with Crippen LogP contribution in [0.3, 0.4) is 0 Å². The summed E-state index contributed by atoms with van der Waals surface area (Å²) in [7, 11) is 0.790. The molecule has 0 saturated heterocycles. The van der Waals surface area contributed by atoms with Gasteiger partial charge >= 0.3 is 11.9 Å². The van der Waals surface area contributed by atoms with Gasteiger partial charge in [-0.2, -0.15) is 0 Å². The molecule has 0 aromatic heterocycles. The third kappa shape index (κ3) is 2.98. The molecular formula is C13H12F4O4. The lowest BCUT2D eigenvalue weighted by Crippen LogP contribution is -2.28. The standard InChI is InChI=1S/C13H12F4O4/c1-13(2,12(19)20)4-5-7(14)9(16)6(11(18)21-3)10(17)8(5)15/h4H2,1-3H3,(H,19,20). The van der Waals surface area contributed by atoms with E-state index in [1.165, 1.54) is 0 Å². The predicted molar refractivity (Wildman–Crippen MR) is 62.7 cm³/mol. The Morgan fingerprint density at radius 3 is 1.81 bits per heavy atom. The number of methoxy groups -OCH3 is 1. The maximum atomic E-state index is 13.8. The van der Waals surface area contributed by atoms with E-state index >= 15 is 0 Å². The summed E-state index contributed by atoms with van der Waals surface area (Å²) in [5.74, 6) is -10.5. The molecule has 0 fully saturated rings. The molecule has 1 aromatic carbocycles. The molecular weight excluding hydrogens is 296 g/mol. The van der Waals surface area contributed by atoms with Crippen LogP contribution < -0.4 is 0 Å². The Hall–Kier alpha value is -2.12. The first-order valence-electron chi connectivity index (χ1n) is 5.71. The number of benzene rings is 1. The van der Waals surface area contributed by atoms with Crippen molar-refractivity contribution in [2.24, 2.45) is 5.41 Å². The predicted octanol–water partition coefficient (Wildman–Crippen LogP) is 2.68. The van der Waals surface area contributed by atoms with Crippen molar-refractivity contribution in [3.05, 3.63) is 34.4 Å². The average Bonchev–Trinajstić information content (AvgIpc) is 2.41. The maximum Gasteiger partial charge on any atom is 0.344 e. The van der Waals surface area contributed by atoms with Gasteiger partial charge in [0.15, 0.2) is 23.3 Å². The van der Waals surface area contributed by atoms with Gasteiger partial charge in [0.25, 0.3) is 0 Å². The van der Waals surface area contributed by atoms with Crippen LogP contribution in [0.5, 0.6) is 0 Å². The topological polar surface area (TPSA) is 63.6 Å². The van der Waals surface area contributed by atoms with Crippen molar-refractivity contribution in [2.45, 2.75) is 20.3 Å². The molecule has 4 nitrogen and oxygen atoms in total. The minimum absolute atomic E-state index is 0.790. The molecule has 1 N–H and O–H groups in total. The van der Waals surface area contributed by atoms with Crippen molar-refractivity contribution in [3.8, 4) is 0 Å². The molecule has 1 aromatic rings. The highest BCUT2D eigenvalue weighted by atomic mass is 19.2. The lowest BCUT2D eigenvalue weighted by atomic mass is 9.85. The summed E-state index contributed by atoms with van der Waals surface area (Å²) in [6.45, 7) is 2.27. The lowest BCUT2D eigenvalue weighted by Gasteiger charge is -2.20. The van der Waals surface area contributed by atoms with Crippen molar-refractivity contribution in [1.82, 2.24) is 0 Å². The molecule has 116 valence electrons. The van der Waals surface area contributed by atoms with Crippen LogP contribution in [0.15, 0.2) is 0 Å². The molecule has 1 rings (SSSR count). The normalized spacial score (nSPS) is 11.4. The minimum atomic E-state index is -1.92. The molecule has 0 aliphatic heterocycles. The summed E-state index contributed by atoms with van der Waals surface area (Å²) in [6, 6.07) is 0. The monoisotopic (exact) mass is 308 g/mol. The van der Waals surface area contributed by atoms with E-state index in [-0.39, 0.29) is 0 Å². The van der Waals surface area contributed by atoms with Crippen molar-refractivity contribution in [1.29, 1.82) is 0 Å². The Morgan fingerprint density at radius 2 is 1.48 bits per heavy atom. The van der Waals surface area contributed by atoms with Gasteiger partial charge < -0.3 is 9.84 Å². The number of carbonyl (C=O) groups is 2. The second-order valence-electron chi connectivity index (χ2n) is 4.97. The minimum Gasteiger partial charge on any atom is -0.481 e. The molecule has 0 aliphatic carbocycles. The summed E-state index contributed by atoms with van der Waals surface area (Å²) in [4.78, 5) is 22.1. The summed E-state index contributed by atoms with van der Waals surface area (Å²) < 4.78 is 59.0. The quantitative estimate of drug-likeness (QED) is 0.528. The molecule has 0 unspecified atom stereocenters. The molecule has 0 amide bonds. The van der Waals surface area contributed by atoms with Gasteiger partial charge in [0.05, 0.1) is 12.5 Å². The highest BCUT2D eigenvalue weighted by molar-refractivity contribution is 5.90. The van der Waals surface area contributed by atoms with Gasteiger partial charge in [0.2, 0.25) is 0 Å². The van der Waals surface area contributed by atoms with Gasteiger partial charge in [-0.1, -0.05) is 0 Å². The maximum absolute atomic E-state index is 13.8. The van der Waals surface area contributed by atoms with Gasteiger partial charge in [-0.25, -0.2) is 22.4 Å². The first-order valence-corrected chi connectivity index (χ1v) is 5.71. The Kier molecular flexibility index (Phi) is 4.60. The summed E-state index contributed by atoms with van der Waals surface area (Å²) in [6.07, 6.45) is -0.796. The Labute approximate surface area is 117 Å². The first-order chi connectivity index (χ1) is 9.54. The molecule has 0 aliphatic rings. The van der Waals surface area contributed by atoms with Crippen LogP contribution in [0.1, 0.15) is 29.8 Å². The molecule has 0 heterocycles. The van der Waals surface area contributed by atoms with Gasteiger partial charge in [-0.05, 0) is 20.3 Å². The zero-order valence-corrected chi connectivity index (χ0v) is 11.4. The lowest BCUT2D eigenvalue weighted by molar-refractivity contribution is -0.146. The van der Waals surface area contributed by atoms with Crippen LogP contribution in [0, 0.1) is 28.7 Å². The van der Waals surface area contributed by atoms with Crippen molar-refractivity contribution >= 4 is 11.9 Å². The smallest absolute Gasteiger partial charge is 0.344 e. The van der Waals surface area contributed by atoms with Crippen LogP contribution in [-0.2, 0) is 16.0 Å². The zero-order chi connectivity index (χ0) is 16.5. The number of aliphatic carboxylic acids is 1. The number of carbonyl (C=O) groups excluding carboxylic acids is 1. The molecule has 8 heteroatoms. The Balaban J connectivity index is 3.52. The number of hydrogen-bond acceptors (Lipinski definition) is 3. The number of rotatable bonds is 4. The molecule has 0 bridgehead atoms. The van der Waals surface area contributed by atoms with Crippen LogP contribution in [0.2, 0.25) is 0 Å². The van der Waals surface area contributed by atoms with E-state index in [2.05, 4.69) is 4.74 Å². The molecule has 0 radical (unpaired) electrons. The van der Waals surface area contributed by atoms with E-state index in [1.54, 1.807) is 0 Å². The molecule has 21 heavy (non-hydrogen) atoms. The fourth-order valence-corrected chi connectivity index (χ4v) is 1.63. The van der Waals surface area contributed by atoms with E-state index in [9.17, 15) is 27.2 Å². The number of ether oxygens (including phenoxy) is 1. The molecule has 0 atom stereocenters. The fraction of sp³-hybridized carbons (Fsp3) is 0.385. The van der Waals surface area contributed by atoms with E-state index in [1.807, 2.05) is 0 Å². The van der Waals surface area contributed by atoms with Gasteiger partial charge in [0, 0.05) is 5.56 Å². The SMILES string of the molecule is COC(=O)c1c(F)c(F)c(CC(C)(C)C(=O)O)c(F)c1F. The number of hydrogen-bond donors (Lipinski definition) is 1. The number of carboxylic acids is 1. The van der Waals surface area contributed by atoms with E-state index in [4.69, 9.17) is 5.11 Å². The third-order valence-corrected chi connectivity index (χ3v) is 2.94. The zero-order valence-electron chi connectivity index (χ0n) is 11.4. The Morgan fingerprint density at radius 1 is 1.05 bits per heavy atom. The number of esters is 1. The third-order valence-electron chi connectivity index (χ3n) is 2.94. The molecule has 0 spiro atoms. The van der Waals surface area contributed by atoms with Crippen LogP contribution >= 0.6 is 0 Å². The average molecular weight is 308 g/mol. The first kappa shape index (κ1) is 16.9. The van der Waals surface area contributed by atoms with Crippen molar-refractivity contribution < 1.29 is 37.0 Å². The highest BCUT2D eigenvalue weighted by Crippen LogP contribution is 2.30. The fourth-order valence-electron chi connectivity index (χ4n) is 1.63. The van der Waals surface area contributed by atoms with Crippen molar-refractivity contribution in [3.63, 3.8) is 0 Å². The summed E-state index contributed by atoms with van der Waals surface area (Å²) in [5, 5.41) is 8.90. The van der Waals surface area contributed by atoms with Crippen LogP contribution in [0.25, 0.3) is 0 Å². The second kappa shape index (κ2) is 5.71. The van der Waals surface area contributed by atoms with Crippen LogP contribution in [-0.4, -0.2) is 24.2 Å². The highest BCUT2D eigenvalue weighted by Gasteiger charge is 2.35. The van der Waals surface area contributed by atoms with E-state index in [0.717, 1.165) is 21.0 Å².